The standard InChI is InChI=1S/C18H23N5.HI/c1-20-18(21-13-16-6-4-15(12-19)5-7-16)23-11-8-17(14-23)22-9-2-3-10-22;/h2-7,17H,8-11,13-14H2,1H3,(H,20,21);1H. The molecule has 1 aromatic rings. The third-order valence-corrected chi connectivity index (χ3v) is 4.57. The molecule has 0 amide bonds. The number of hydrogen-bond acceptors (Lipinski definition) is 3. The molecule has 0 radical (unpaired) electrons. The molecular weight excluding hydrogens is 413 g/mol. The van der Waals surface area contributed by atoms with Crippen LogP contribution in [0.3, 0.4) is 0 Å². The Kier molecular flexibility index (Phi) is 7.06. The number of hydrogen-bond donors (Lipinski definition) is 1. The Morgan fingerprint density at radius 2 is 2.00 bits per heavy atom. The van der Waals surface area contributed by atoms with Gasteiger partial charge in [0.25, 0.3) is 0 Å². The van der Waals surface area contributed by atoms with E-state index in [4.69, 9.17) is 5.26 Å². The summed E-state index contributed by atoms with van der Waals surface area (Å²) in [6.07, 6.45) is 5.69. The Balaban J connectivity index is 0.00000208. The van der Waals surface area contributed by atoms with Crippen molar-refractivity contribution in [3.8, 4) is 6.07 Å². The van der Waals surface area contributed by atoms with Gasteiger partial charge >= 0.3 is 0 Å². The van der Waals surface area contributed by atoms with Crippen molar-refractivity contribution in [2.24, 2.45) is 4.99 Å². The molecule has 1 N–H and O–H groups in total. The van der Waals surface area contributed by atoms with Gasteiger partial charge in [0.2, 0.25) is 0 Å². The fourth-order valence-electron chi connectivity index (χ4n) is 3.24. The van der Waals surface area contributed by atoms with Crippen LogP contribution in [-0.2, 0) is 6.54 Å². The van der Waals surface area contributed by atoms with E-state index < -0.39 is 0 Å². The number of likely N-dealkylation sites (tertiary alicyclic amines) is 1. The molecule has 2 aliphatic heterocycles. The van der Waals surface area contributed by atoms with Crippen molar-refractivity contribution in [1.29, 1.82) is 5.26 Å². The van der Waals surface area contributed by atoms with Crippen molar-refractivity contribution in [2.75, 3.05) is 33.2 Å². The summed E-state index contributed by atoms with van der Waals surface area (Å²) in [7, 11) is 1.84. The maximum atomic E-state index is 8.84. The molecule has 24 heavy (non-hydrogen) atoms. The summed E-state index contributed by atoms with van der Waals surface area (Å²) in [6.45, 7) is 4.97. The number of nitriles is 1. The summed E-state index contributed by atoms with van der Waals surface area (Å²) in [5.74, 6) is 0.962. The van der Waals surface area contributed by atoms with Gasteiger partial charge in [-0.3, -0.25) is 9.89 Å². The quantitative estimate of drug-likeness (QED) is 0.341. The minimum atomic E-state index is 0. The maximum Gasteiger partial charge on any atom is 0.193 e. The second-order valence-electron chi connectivity index (χ2n) is 6.02. The highest BCUT2D eigenvalue weighted by molar-refractivity contribution is 14.0. The van der Waals surface area contributed by atoms with E-state index >= 15 is 0 Å². The van der Waals surface area contributed by atoms with Crippen LogP contribution >= 0.6 is 24.0 Å². The summed E-state index contributed by atoms with van der Waals surface area (Å²) in [5.41, 5.74) is 1.85. The fraction of sp³-hybridized carbons (Fsp3) is 0.444. The minimum absolute atomic E-state index is 0. The van der Waals surface area contributed by atoms with Crippen LogP contribution in [0.15, 0.2) is 41.4 Å². The van der Waals surface area contributed by atoms with Crippen LogP contribution in [0.25, 0.3) is 0 Å². The van der Waals surface area contributed by atoms with Gasteiger partial charge < -0.3 is 10.2 Å². The molecule has 1 unspecified atom stereocenters. The van der Waals surface area contributed by atoms with E-state index in [1.165, 1.54) is 6.42 Å². The molecule has 128 valence electrons. The molecule has 5 nitrogen and oxygen atoms in total. The van der Waals surface area contributed by atoms with E-state index in [-0.39, 0.29) is 24.0 Å². The lowest BCUT2D eigenvalue weighted by Gasteiger charge is -2.25. The lowest BCUT2D eigenvalue weighted by Crippen LogP contribution is -2.42. The first-order chi connectivity index (χ1) is 11.3. The van der Waals surface area contributed by atoms with Gasteiger partial charge in [0.05, 0.1) is 11.6 Å². The van der Waals surface area contributed by atoms with Crippen LogP contribution in [0.5, 0.6) is 0 Å². The van der Waals surface area contributed by atoms with E-state index in [9.17, 15) is 0 Å². The average molecular weight is 437 g/mol. The van der Waals surface area contributed by atoms with Gasteiger partial charge in [0, 0.05) is 45.8 Å². The maximum absolute atomic E-state index is 8.84. The topological polar surface area (TPSA) is 54.7 Å². The highest BCUT2D eigenvalue weighted by atomic mass is 127. The van der Waals surface area contributed by atoms with Gasteiger partial charge in [-0.1, -0.05) is 24.3 Å². The predicted molar refractivity (Wildman–Crippen MR) is 107 cm³/mol. The van der Waals surface area contributed by atoms with Gasteiger partial charge in [0.15, 0.2) is 5.96 Å². The molecule has 0 aliphatic carbocycles. The molecule has 2 aliphatic rings. The van der Waals surface area contributed by atoms with Crippen LogP contribution in [0, 0.1) is 11.3 Å². The van der Waals surface area contributed by atoms with Gasteiger partial charge in [-0.25, -0.2) is 0 Å². The summed E-state index contributed by atoms with van der Waals surface area (Å²) >= 11 is 0. The van der Waals surface area contributed by atoms with Crippen LogP contribution in [0.2, 0.25) is 0 Å². The van der Waals surface area contributed by atoms with Crippen molar-refractivity contribution >= 4 is 29.9 Å². The number of guanidine groups is 1. The van der Waals surface area contributed by atoms with Crippen LogP contribution < -0.4 is 5.32 Å². The van der Waals surface area contributed by atoms with Gasteiger partial charge in [-0.15, -0.1) is 24.0 Å². The van der Waals surface area contributed by atoms with Crippen molar-refractivity contribution < 1.29 is 0 Å². The van der Waals surface area contributed by atoms with E-state index in [2.05, 4.69) is 38.3 Å². The van der Waals surface area contributed by atoms with E-state index in [0.29, 0.717) is 11.6 Å². The normalized spacial score (nSPS) is 20.8. The molecule has 0 aromatic heterocycles. The van der Waals surface area contributed by atoms with Crippen molar-refractivity contribution in [2.45, 2.75) is 19.0 Å². The number of aliphatic imine (C=N–C) groups is 1. The Morgan fingerprint density at radius 1 is 1.29 bits per heavy atom. The number of benzene rings is 1. The van der Waals surface area contributed by atoms with Gasteiger partial charge in [-0.2, -0.15) is 5.26 Å². The Morgan fingerprint density at radius 3 is 2.62 bits per heavy atom. The summed E-state index contributed by atoms with van der Waals surface area (Å²) in [5, 5.41) is 12.3. The lowest BCUT2D eigenvalue weighted by atomic mass is 10.1. The Bertz CT molecular complexity index is 624. The first-order valence-electron chi connectivity index (χ1n) is 8.14. The van der Waals surface area contributed by atoms with Crippen molar-refractivity contribution in [3.63, 3.8) is 0 Å². The molecule has 3 rings (SSSR count). The molecule has 1 fully saturated rings. The first-order valence-corrected chi connectivity index (χ1v) is 8.14. The highest BCUT2D eigenvalue weighted by Crippen LogP contribution is 2.18. The zero-order valence-electron chi connectivity index (χ0n) is 14.0. The fourth-order valence-corrected chi connectivity index (χ4v) is 3.24. The highest BCUT2D eigenvalue weighted by Gasteiger charge is 2.29. The van der Waals surface area contributed by atoms with E-state index in [1.807, 2.05) is 31.3 Å². The molecule has 2 heterocycles. The molecule has 1 aromatic carbocycles. The van der Waals surface area contributed by atoms with Gasteiger partial charge in [-0.05, 0) is 24.1 Å². The minimum Gasteiger partial charge on any atom is -0.352 e. The summed E-state index contributed by atoms with van der Waals surface area (Å²) < 4.78 is 0. The zero-order chi connectivity index (χ0) is 16.1. The SMILES string of the molecule is CN=C(NCc1ccc(C#N)cc1)N1CCC(N2CC=CC2)C1.I. The molecule has 0 spiro atoms. The third-order valence-electron chi connectivity index (χ3n) is 4.57. The molecule has 0 saturated carbocycles. The number of rotatable bonds is 3. The summed E-state index contributed by atoms with van der Waals surface area (Å²) in [4.78, 5) is 9.29. The average Bonchev–Trinajstić information content (AvgIpc) is 3.27. The smallest absolute Gasteiger partial charge is 0.193 e. The van der Waals surface area contributed by atoms with E-state index in [0.717, 1.165) is 44.2 Å². The monoisotopic (exact) mass is 437 g/mol. The second kappa shape index (κ2) is 9.04. The number of halogens is 1. The first kappa shape index (κ1) is 18.7. The van der Waals surface area contributed by atoms with Crippen LogP contribution in [0.4, 0.5) is 0 Å². The lowest BCUT2D eigenvalue weighted by molar-refractivity contribution is 0.259. The number of nitrogens with zero attached hydrogens (tertiary/aromatic N) is 4. The molecule has 1 saturated heterocycles. The van der Waals surface area contributed by atoms with Gasteiger partial charge in [0.1, 0.15) is 0 Å². The Labute approximate surface area is 161 Å². The molecule has 1 atom stereocenters. The second-order valence-corrected chi connectivity index (χ2v) is 6.02. The largest absolute Gasteiger partial charge is 0.352 e. The predicted octanol–water partition coefficient (Wildman–Crippen LogP) is 2.20. The zero-order valence-corrected chi connectivity index (χ0v) is 16.3. The molecular formula is C18H24IN5. The number of nitrogens with one attached hydrogen (secondary N) is 1. The van der Waals surface area contributed by atoms with Crippen LogP contribution in [0.1, 0.15) is 17.5 Å². The van der Waals surface area contributed by atoms with Crippen molar-refractivity contribution in [3.05, 3.63) is 47.5 Å². The third kappa shape index (κ3) is 4.48. The molecule has 6 heteroatoms. The molecule has 0 bridgehead atoms. The van der Waals surface area contributed by atoms with Crippen LogP contribution in [-0.4, -0.2) is 55.0 Å². The van der Waals surface area contributed by atoms with E-state index in [1.54, 1.807) is 0 Å². The Hall–Kier alpha value is -1.59. The summed E-state index contributed by atoms with van der Waals surface area (Å²) in [6, 6.07) is 10.4. The van der Waals surface area contributed by atoms with Crippen molar-refractivity contribution in [1.82, 2.24) is 15.1 Å².